The summed E-state index contributed by atoms with van der Waals surface area (Å²) in [5.41, 5.74) is 1.94. The molecule has 0 unspecified atom stereocenters. The summed E-state index contributed by atoms with van der Waals surface area (Å²) in [5.74, 6) is 2.28. The van der Waals surface area contributed by atoms with Crippen molar-refractivity contribution in [3.8, 4) is 0 Å². The number of carbonyl (C=O) groups is 1. The van der Waals surface area contributed by atoms with Crippen LogP contribution >= 0.6 is 0 Å². The van der Waals surface area contributed by atoms with Crippen molar-refractivity contribution in [2.24, 2.45) is 0 Å². The van der Waals surface area contributed by atoms with Crippen LogP contribution in [0.1, 0.15) is 42.9 Å². The lowest BCUT2D eigenvalue weighted by Gasteiger charge is -2.23. The van der Waals surface area contributed by atoms with E-state index in [0.717, 1.165) is 36.5 Å². The predicted octanol–water partition coefficient (Wildman–Crippen LogP) is 2.92. The maximum Gasteiger partial charge on any atom is 0.220 e. The Labute approximate surface area is 136 Å². The molecule has 3 heterocycles. The van der Waals surface area contributed by atoms with Crippen LogP contribution in [0.2, 0.25) is 0 Å². The van der Waals surface area contributed by atoms with Crippen LogP contribution in [0.5, 0.6) is 0 Å². The number of nitrogens with one attached hydrogen (secondary N) is 1. The summed E-state index contributed by atoms with van der Waals surface area (Å²) in [4.78, 5) is 27.0. The van der Waals surface area contributed by atoms with Crippen molar-refractivity contribution < 1.29 is 4.79 Å². The standard InChI is InChI=1S/C17H21N5O/c1-11-6-4-8-18-17(11)21-16-10-14(19-12(2)20-16)15-7-5-9-22(15)13(3)23/h4,6,8,10,15H,5,7,9H2,1-3H3,(H,18,19,20,21)/t15-/m0/s1. The average Bonchev–Trinajstić information content (AvgIpc) is 2.99. The van der Waals surface area contributed by atoms with Crippen molar-refractivity contribution in [1.82, 2.24) is 19.9 Å². The van der Waals surface area contributed by atoms with Gasteiger partial charge in [-0.1, -0.05) is 6.07 Å². The molecule has 0 radical (unpaired) electrons. The van der Waals surface area contributed by atoms with E-state index in [1.807, 2.05) is 36.9 Å². The van der Waals surface area contributed by atoms with E-state index in [0.29, 0.717) is 11.6 Å². The zero-order chi connectivity index (χ0) is 16.4. The van der Waals surface area contributed by atoms with Gasteiger partial charge in [0.2, 0.25) is 5.91 Å². The first kappa shape index (κ1) is 15.4. The maximum absolute atomic E-state index is 11.8. The molecule has 3 rings (SSSR count). The quantitative estimate of drug-likeness (QED) is 0.943. The number of hydrogen-bond acceptors (Lipinski definition) is 5. The lowest BCUT2D eigenvalue weighted by Crippen LogP contribution is -2.28. The normalized spacial score (nSPS) is 17.3. The van der Waals surface area contributed by atoms with Crippen molar-refractivity contribution in [3.63, 3.8) is 0 Å². The number of aromatic nitrogens is 3. The van der Waals surface area contributed by atoms with Crippen LogP contribution in [0, 0.1) is 13.8 Å². The molecule has 1 atom stereocenters. The van der Waals surface area contributed by atoms with Crippen LogP contribution in [-0.2, 0) is 4.79 Å². The van der Waals surface area contributed by atoms with Crippen LogP contribution < -0.4 is 5.32 Å². The van der Waals surface area contributed by atoms with Gasteiger partial charge in [-0.25, -0.2) is 15.0 Å². The lowest BCUT2D eigenvalue weighted by molar-refractivity contribution is -0.129. The summed E-state index contributed by atoms with van der Waals surface area (Å²) in [7, 11) is 0. The molecular formula is C17H21N5O. The summed E-state index contributed by atoms with van der Waals surface area (Å²) in [6.45, 7) is 6.28. The molecule has 6 heteroatoms. The molecule has 1 amide bonds. The van der Waals surface area contributed by atoms with Gasteiger partial charge in [-0.2, -0.15) is 0 Å². The van der Waals surface area contributed by atoms with Crippen molar-refractivity contribution in [2.75, 3.05) is 11.9 Å². The minimum atomic E-state index is 0.0413. The van der Waals surface area contributed by atoms with E-state index < -0.39 is 0 Å². The van der Waals surface area contributed by atoms with E-state index in [1.54, 1.807) is 13.1 Å². The molecule has 1 fully saturated rings. The Morgan fingerprint density at radius 1 is 1.35 bits per heavy atom. The van der Waals surface area contributed by atoms with Crippen molar-refractivity contribution in [2.45, 2.75) is 39.7 Å². The second kappa shape index (κ2) is 6.32. The fourth-order valence-electron chi connectivity index (χ4n) is 3.01. The first-order valence-corrected chi connectivity index (χ1v) is 7.86. The smallest absolute Gasteiger partial charge is 0.220 e. The number of hydrogen-bond donors (Lipinski definition) is 1. The van der Waals surface area contributed by atoms with Crippen LogP contribution in [0.15, 0.2) is 24.4 Å². The number of anilines is 2. The minimum Gasteiger partial charge on any atom is -0.334 e. The van der Waals surface area contributed by atoms with E-state index in [9.17, 15) is 4.79 Å². The highest BCUT2D eigenvalue weighted by Crippen LogP contribution is 2.32. The third kappa shape index (κ3) is 3.31. The van der Waals surface area contributed by atoms with Crippen molar-refractivity contribution in [3.05, 3.63) is 41.5 Å². The highest BCUT2D eigenvalue weighted by molar-refractivity contribution is 5.74. The van der Waals surface area contributed by atoms with Crippen LogP contribution in [-0.4, -0.2) is 32.3 Å². The van der Waals surface area contributed by atoms with E-state index in [2.05, 4.69) is 20.3 Å². The van der Waals surface area contributed by atoms with Gasteiger partial charge in [0.05, 0.1) is 11.7 Å². The first-order valence-electron chi connectivity index (χ1n) is 7.86. The van der Waals surface area contributed by atoms with E-state index in [-0.39, 0.29) is 11.9 Å². The summed E-state index contributed by atoms with van der Waals surface area (Å²) < 4.78 is 0. The molecule has 2 aromatic rings. The van der Waals surface area contributed by atoms with Crippen molar-refractivity contribution >= 4 is 17.5 Å². The summed E-state index contributed by atoms with van der Waals surface area (Å²) in [6.07, 6.45) is 3.70. The van der Waals surface area contributed by atoms with Gasteiger partial charge in [0.25, 0.3) is 0 Å². The zero-order valence-corrected chi connectivity index (χ0v) is 13.7. The SMILES string of the molecule is CC(=O)N1CCC[C@H]1c1cc(Nc2ncccc2C)nc(C)n1. The minimum absolute atomic E-state index is 0.0413. The van der Waals surface area contributed by atoms with Crippen molar-refractivity contribution in [1.29, 1.82) is 0 Å². The predicted molar refractivity (Wildman–Crippen MR) is 88.4 cm³/mol. The molecule has 2 aromatic heterocycles. The number of aryl methyl sites for hydroxylation is 2. The van der Waals surface area contributed by atoms with Gasteiger partial charge in [0.15, 0.2) is 0 Å². The van der Waals surface area contributed by atoms with Gasteiger partial charge in [-0.3, -0.25) is 4.79 Å². The van der Waals surface area contributed by atoms with Crippen LogP contribution in [0.25, 0.3) is 0 Å². The number of pyridine rings is 1. The Balaban J connectivity index is 1.90. The van der Waals surface area contributed by atoms with Gasteiger partial charge in [0, 0.05) is 25.7 Å². The lowest BCUT2D eigenvalue weighted by atomic mass is 10.1. The molecule has 120 valence electrons. The Morgan fingerprint density at radius 3 is 2.91 bits per heavy atom. The number of likely N-dealkylation sites (tertiary alicyclic amines) is 1. The van der Waals surface area contributed by atoms with Gasteiger partial charge in [0.1, 0.15) is 17.5 Å². The van der Waals surface area contributed by atoms with Gasteiger partial charge < -0.3 is 10.2 Å². The highest BCUT2D eigenvalue weighted by Gasteiger charge is 2.29. The third-order valence-electron chi connectivity index (χ3n) is 4.11. The van der Waals surface area contributed by atoms with Gasteiger partial charge in [-0.05, 0) is 38.3 Å². The average molecular weight is 311 g/mol. The molecule has 0 spiro atoms. The number of amides is 1. The Kier molecular flexibility index (Phi) is 4.23. The molecule has 1 saturated heterocycles. The molecule has 0 saturated carbocycles. The third-order valence-corrected chi connectivity index (χ3v) is 4.11. The largest absolute Gasteiger partial charge is 0.334 e. The highest BCUT2D eigenvalue weighted by atomic mass is 16.2. The van der Waals surface area contributed by atoms with Crippen LogP contribution in [0.3, 0.4) is 0 Å². The topological polar surface area (TPSA) is 71.0 Å². The van der Waals surface area contributed by atoms with E-state index in [1.165, 1.54) is 0 Å². The summed E-state index contributed by atoms with van der Waals surface area (Å²) in [5, 5.41) is 3.26. The maximum atomic E-state index is 11.8. The summed E-state index contributed by atoms with van der Waals surface area (Å²) >= 11 is 0. The molecule has 0 aliphatic carbocycles. The molecule has 1 N–H and O–H groups in total. The monoisotopic (exact) mass is 311 g/mol. The number of carbonyl (C=O) groups excluding carboxylic acids is 1. The molecule has 0 aromatic carbocycles. The van der Waals surface area contributed by atoms with Gasteiger partial charge in [-0.15, -0.1) is 0 Å². The molecule has 1 aliphatic rings. The fourth-order valence-corrected chi connectivity index (χ4v) is 3.01. The molecule has 1 aliphatic heterocycles. The first-order chi connectivity index (χ1) is 11.0. The Bertz CT molecular complexity index is 731. The Hall–Kier alpha value is -2.50. The second-order valence-electron chi connectivity index (χ2n) is 5.89. The number of rotatable bonds is 3. The van der Waals surface area contributed by atoms with Gasteiger partial charge >= 0.3 is 0 Å². The second-order valence-corrected chi connectivity index (χ2v) is 5.89. The molecule has 6 nitrogen and oxygen atoms in total. The number of nitrogens with zero attached hydrogens (tertiary/aromatic N) is 4. The Morgan fingerprint density at radius 2 is 2.17 bits per heavy atom. The fraction of sp³-hybridized carbons (Fsp3) is 0.412. The van der Waals surface area contributed by atoms with E-state index >= 15 is 0 Å². The molecule has 23 heavy (non-hydrogen) atoms. The van der Waals surface area contributed by atoms with Crippen LogP contribution in [0.4, 0.5) is 11.6 Å². The summed E-state index contributed by atoms with van der Waals surface area (Å²) in [6, 6.07) is 5.87. The molecular weight excluding hydrogens is 290 g/mol. The molecule has 0 bridgehead atoms. The zero-order valence-electron chi connectivity index (χ0n) is 13.7. The van der Waals surface area contributed by atoms with E-state index in [4.69, 9.17) is 0 Å².